The molecule has 0 saturated carbocycles. The van der Waals surface area contributed by atoms with Crippen LogP contribution in [0.25, 0.3) is 15.9 Å². The summed E-state index contributed by atoms with van der Waals surface area (Å²) in [5, 5.41) is 12.2. The van der Waals surface area contributed by atoms with Gasteiger partial charge in [-0.05, 0) is 48.9 Å². The molecule has 0 radical (unpaired) electrons. The second-order valence-corrected chi connectivity index (χ2v) is 7.98. The van der Waals surface area contributed by atoms with E-state index in [1.54, 1.807) is 13.4 Å². The molecular formula is C19H17N5O2S2. The fraction of sp³-hybridized carbons (Fsp3) is 0.158. The van der Waals surface area contributed by atoms with E-state index in [-0.39, 0.29) is 11.7 Å². The van der Waals surface area contributed by atoms with Gasteiger partial charge in [0, 0.05) is 5.69 Å². The second kappa shape index (κ2) is 7.99. The molecule has 7 nitrogen and oxygen atoms in total. The predicted octanol–water partition coefficient (Wildman–Crippen LogP) is 3.92. The number of rotatable bonds is 6. The van der Waals surface area contributed by atoms with Crippen molar-refractivity contribution in [1.29, 1.82) is 0 Å². The zero-order chi connectivity index (χ0) is 19.5. The van der Waals surface area contributed by atoms with Gasteiger partial charge in [0.15, 0.2) is 10.3 Å². The molecule has 0 aliphatic carbocycles. The van der Waals surface area contributed by atoms with E-state index in [0.29, 0.717) is 10.3 Å². The van der Waals surface area contributed by atoms with Crippen molar-refractivity contribution in [2.24, 2.45) is 0 Å². The van der Waals surface area contributed by atoms with E-state index in [1.165, 1.54) is 28.7 Å². The lowest BCUT2D eigenvalue weighted by Gasteiger charge is -2.07. The topological polar surface area (TPSA) is 81.9 Å². The van der Waals surface area contributed by atoms with Gasteiger partial charge in [0.05, 0.1) is 23.1 Å². The number of thiazole rings is 1. The Balaban J connectivity index is 1.41. The number of nitrogens with zero attached hydrogens (tertiary/aromatic N) is 4. The third-order valence-corrected chi connectivity index (χ3v) is 5.87. The zero-order valence-electron chi connectivity index (χ0n) is 15.2. The van der Waals surface area contributed by atoms with E-state index in [4.69, 9.17) is 4.74 Å². The van der Waals surface area contributed by atoms with Crippen LogP contribution in [0.2, 0.25) is 0 Å². The van der Waals surface area contributed by atoms with Gasteiger partial charge >= 0.3 is 0 Å². The molecule has 0 fully saturated rings. The Morgan fingerprint density at radius 3 is 2.86 bits per heavy atom. The van der Waals surface area contributed by atoms with E-state index in [2.05, 4.69) is 26.6 Å². The van der Waals surface area contributed by atoms with Crippen LogP contribution in [0, 0.1) is 6.92 Å². The van der Waals surface area contributed by atoms with E-state index in [1.807, 2.05) is 47.9 Å². The van der Waals surface area contributed by atoms with Crippen LogP contribution in [0.15, 0.2) is 53.9 Å². The van der Waals surface area contributed by atoms with Crippen LogP contribution in [0.1, 0.15) is 5.56 Å². The van der Waals surface area contributed by atoms with Crippen LogP contribution >= 0.6 is 23.1 Å². The van der Waals surface area contributed by atoms with Crippen molar-refractivity contribution in [1.82, 2.24) is 19.7 Å². The van der Waals surface area contributed by atoms with Crippen LogP contribution in [-0.2, 0) is 4.79 Å². The quantitative estimate of drug-likeness (QED) is 0.484. The Morgan fingerprint density at radius 2 is 2.07 bits per heavy atom. The van der Waals surface area contributed by atoms with Gasteiger partial charge < -0.3 is 10.1 Å². The van der Waals surface area contributed by atoms with Gasteiger partial charge in [0.25, 0.3) is 0 Å². The highest BCUT2D eigenvalue weighted by Crippen LogP contribution is 2.27. The van der Waals surface area contributed by atoms with Gasteiger partial charge in [-0.1, -0.05) is 29.2 Å². The minimum absolute atomic E-state index is 0.134. The monoisotopic (exact) mass is 411 g/mol. The zero-order valence-corrected chi connectivity index (χ0v) is 16.9. The molecular weight excluding hydrogens is 394 g/mol. The molecule has 9 heteroatoms. The Kier molecular flexibility index (Phi) is 5.27. The number of carbonyl (C=O) groups is 1. The fourth-order valence-electron chi connectivity index (χ4n) is 2.61. The van der Waals surface area contributed by atoms with Crippen molar-refractivity contribution in [3.63, 3.8) is 0 Å². The molecule has 0 atom stereocenters. The molecule has 0 bridgehead atoms. The molecule has 2 heterocycles. The summed E-state index contributed by atoms with van der Waals surface area (Å²) in [6.45, 7) is 2.03. The highest BCUT2D eigenvalue weighted by atomic mass is 32.2. The molecule has 1 N–H and O–H groups in total. The third kappa shape index (κ3) is 4.00. The number of nitrogens with one attached hydrogen (secondary N) is 1. The lowest BCUT2D eigenvalue weighted by molar-refractivity contribution is -0.113. The first-order chi connectivity index (χ1) is 13.6. The minimum Gasteiger partial charge on any atom is -0.497 e. The van der Waals surface area contributed by atoms with E-state index in [0.717, 1.165) is 21.7 Å². The number of hydrogen-bond acceptors (Lipinski definition) is 7. The van der Waals surface area contributed by atoms with Gasteiger partial charge in [0.1, 0.15) is 12.1 Å². The number of amides is 1. The molecule has 2 aromatic heterocycles. The Hall–Kier alpha value is -2.91. The summed E-state index contributed by atoms with van der Waals surface area (Å²) in [4.78, 5) is 16.8. The highest BCUT2D eigenvalue weighted by Gasteiger charge is 2.12. The number of thioether (sulfide) groups is 1. The predicted molar refractivity (Wildman–Crippen MR) is 112 cm³/mol. The maximum absolute atomic E-state index is 12.3. The lowest BCUT2D eigenvalue weighted by atomic mass is 10.2. The first kappa shape index (κ1) is 18.5. The Morgan fingerprint density at radius 1 is 1.25 bits per heavy atom. The number of benzene rings is 2. The third-order valence-electron chi connectivity index (χ3n) is 3.99. The number of fused-ring (bicyclic) bond motifs is 1. The molecule has 0 saturated heterocycles. The van der Waals surface area contributed by atoms with Gasteiger partial charge in [-0.25, -0.2) is 4.98 Å². The minimum atomic E-state index is -0.134. The van der Waals surface area contributed by atoms with E-state index in [9.17, 15) is 4.79 Å². The van der Waals surface area contributed by atoms with Crippen molar-refractivity contribution >= 4 is 44.4 Å². The molecule has 28 heavy (non-hydrogen) atoms. The molecule has 142 valence electrons. The van der Waals surface area contributed by atoms with Gasteiger partial charge in [-0.3, -0.25) is 9.36 Å². The number of aryl methyl sites for hydroxylation is 1. The van der Waals surface area contributed by atoms with Gasteiger partial charge in [0.2, 0.25) is 5.91 Å². The standard InChI is InChI=1S/C19H17N5O2S2/c1-12-3-8-15-16(9-12)28-18(21-15)22-17(25)10-27-19-23-20-11-24(19)13-4-6-14(26-2)7-5-13/h3-9,11H,10H2,1-2H3,(H,21,22,25). The first-order valence-electron chi connectivity index (χ1n) is 8.46. The van der Waals surface area contributed by atoms with Crippen molar-refractivity contribution in [3.8, 4) is 11.4 Å². The number of anilines is 1. The summed E-state index contributed by atoms with van der Waals surface area (Å²) in [5.74, 6) is 0.852. The summed E-state index contributed by atoms with van der Waals surface area (Å²) in [7, 11) is 1.63. The van der Waals surface area contributed by atoms with Crippen LogP contribution in [0.3, 0.4) is 0 Å². The normalized spacial score (nSPS) is 10.9. The molecule has 0 spiro atoms. The maximum Gasteiger partial charge on any atom is 0.236 e. The lowest BCUT2D eigenvalue weighted by Crippen LogP contribution is -2.14. The van der Waals surface area contributed by atoms with Crippen LogP contribution in [0.4, 0.5) is 5.13 Å². The molecule has 1 amide bonds. The summed E-state index contributed by atoms with van der Waals surface area (Å²) in [5.41, 5.74) is 2.95. The number of hydrogen-bond donors (Lipinski definition) is 1. The number of carbonyl (C=O) groups excluding carboxylic acids is 1. The molecule has 2 aromatic carbocycles. The largest absolute Gasteiger partial charge is 0.497 e. The summed E-state index contributed by atoms with van der Waals surface area (Å²) >= 11 is 2.79. The fourth-order valence-corrected chi connectivity index (χ4v) is 4.32. The SMILES string of the molecule is COc1ccc(-n2cnnc2SCC(=O)Nc2nc3ccc(C)cc3s2)cc1. The molecule has 0 aliphatic rings. The van der Waals surface area contributed by atoms with Gasteiger partial charge in [-0.2, -0.15) is 0 Å². The van der Waals surface area contributed by atoms with Gasteiger partial charge in [-0.15, -0.1) is 10.2 Å². The van der Waals surface area contributed by atoms with Crippen molar-refractivity contribution in [2.75, 3.05) is 18.2 Å². The summed E-state index contributed by atoms with van der Waals surface area (Å²) in [6, 6.07) is 13.6. The van der Waals surface area contributed by atoms with Crippen molar-refractivity contribution in [3.05, 3.63) is 54.4 Å². The highest BCUT2D eigenvalue weighted by molar-refractivity contribution is 7.99. The smallest absolute Gasteiger partial charge is 0.236 e. The summed E-state index contributed by atoms with van der Waals surface area (Å²) in [6.07, 6.45) is 1.62. The van der Waals surface area contributed by atoms with E-state index < -0.39 is 0 Å². The number of methoxy groups -OCH3 is 1. The van der Waals surface area contributed by atoms with Crippen molar-refractivity contribution < 1.29 is 9.53 Å². The van der Waals surface area contributed by atoms with Crippen LogP contribution in [0.5, 0.6) is 5.75 Å². The second-order valence-electron chi connectivity index (χ2n) is 6.01. The van der Waals surface area contributed by atoms with Crippen LogP contribution < -0.4 is 10.1 Å². The molecule has 0 aliphatic heterocycles. The molecule has 0 unspecified atom stereocenters. The molecule has 4 aromatic rings. The number of ether oxygens (including phenoxy) is 1. The molecule has 4 rings (SSSR count). The van der Waals surface area contributed by atoms with E-state index >= 15 is 0 Å². The average molecular weight is 412 g/mol. The Labute approximate surface area is 169 Å². The first-order valence-corrected chi connectivity index (χ1v) is 10.3. The number of aromatic nitrogens is 4. The average Bonchev–Trinajstić information content (AvgIpc) is 3.32. The van der Waals surface area contributed by atoms with Crippen molar-refractivity contribution in [2.45, 2.75) is 12.1 Å². The Bertz CT molecular complexity index is 1120. The summed E-state index contributed by atoms with van der Waals surface area (Å²) < 4.78 is 8.07. The van der Waals surface area contributed by atoms with Crippen LogP contribution in [-0.4, -0.2) is 38.5 Å². The maximum atomic E-state index is 12.3.